The van der Waals surface area contributed by atoms with Crippen molar-refractivity contribution in [3.05, 3.63) is 11.9 Å². The number of nitrogens with two attached hydrogens (primary N) is 1. The first-order valence-corrected chi connectivity index (χ1v) is 6.06. The maximum absolute atomic E-state index is 5.73. The predicted molar refractivity (Wildman–Crippen MR) is 67.6 cm³/mol. The van der Waals surface area contributed by atoms with E-state index >= 15 is 0 Å². The van der Waals surface area contributed by atoms with Crippen molar-refractivity contribution in [2.75, 3.05) is 18.2 Å². The highest BCUT2D eigenvalue weighted by atomic mass is 16.5. The molecule has 0 radical (unpaired) electrons. The summed E-state index contributed by atoms with van der Waals surface area (Å²) in [4.78, 5) is 8.47. The van der Waals surface area contributed by atoms with E-state index in [2.05, 4.69) is 22.2 Å². The van der Waals surface area contributed by atoms with Gasteiger partial charge >= 0.3 is 0 Å². The van der Waals surface area contributed by atoms with Crippen molar-refractivity contribution >= 4 is 11.6 Å². The molecule has 94 valence electrons. The van der Waals surface area contributed by atoms with E-state index in [0.29, 0.717) is 24.3 Å². The minimum Gasteiger partial charge on any atom is -0.384 e. The maximum atomic E-state index is 5.73. The lowest BCUT2D eigenvalue weighted by Gasteiger charge is -2.14. The first-order chi connectivity index (χ1) is 8.17. The van der Waals surface area contributed by atoms with Crippen LogP contribution in [0.3, 0.4) is 0 Å². The number of methoxy groups -OCH3 is 1. The van der Waals surface area contributed by atoms with E-state index in [9.17, 15) is 0 Å². The Labute approximate surface area is 102 Å². The average molecular weight is 236 g/mol. The van der Waals surface area contributed by atoms with Gasteiger partial charge in [0, 0.05) is 19.2 Å². The number of nitrogens with zero attached hydrogens (tertiary/aromatic N) is 2. The first-order valence-electron chi connectivity index (χ1n) is 6.06. The summed E-state index contributed by atoms with van der Waals surface area (Å²) in [5.41, 5.74) is 5.73. The van der Waals surface area contributed by atoms with E-state index in [4.69, 9.17) is 10.5 Å². The van der Waals surface area contributed by atoms with Crippen molar-refractivity contribution in [3.63, 3.8) is 0 Å². The van der Waals surface area contributed by atoms with Crippen molar-refractivity contribution in [3.8, 4) is 0 Å². The molecule has 5 nitrogen and oxygen atoms in total. The van der Waals surface area contributed by atoms with Crippen LogP contribution in [0, 0.1) is 5.92 Å². The number of aromatic nitrogens is 2. The second kappa shape index (κ2) is 5.31. The van der Waals surface area contributed by atoms with Gasteiger partial charge in [0.25, 0.3) is 0 Å². The van der Waals surface area contributed by atoms with Crippen molar-refractivity contribution < 1.29 is 4.74 Å². The molecule has 1 heterocycles. The SMILES string of the molecule is COCc1nc(N)cc(NC(C)CC2CC2)n1. The maximum Gasteiger partial charge on any atom is 0.158 e. The number of nitrogen functional groups attached to an aromatic ring is 1. The summed E-state index contributed by atoms with van der Waals surface area (Å²) >= 11 is 0. The van der Waals surface area contributed by atoms with Crippen molar-refractivity contribution in [2.45, 2.75) is 38.8 Å². The number of hydrogen-bond donors (Lipinski definition) is 2. The van der Waals surface area contributed by atoms with E-state index in [0.717, 1.165) is 11.7 Å². The third-order valence-corrected chi connectivity index (χ3v) is 2.84. The van der Waals surface area contributed by atoms with Crippen LogP contribution in [-0.2, 0) is 11.3 Å². The molecule has 1 unspecified atom stereocenters. The number of rotatable bonds is 6. The molecule has 1 aromatic rings. The van der Waals surface area contributed by atoms with Gasteiger partial charge in [-0.15, -0.1) is 0 Å². The second-order valence-corrected chi connectivity index (χ2v) is 4.75. The summed E-state index contributed by atoms with van der Waals surface area (Å²) in [6, 6.07) is 2.19. The average Bonchev–Trinajstić information content (AvgIpc) is 3.00. The molecule has 0 spiro atoms. The summed E-state index contributed by atoms with van der Waals surface area (Å²) in [6.45, 7) is 2.56. The van der Waals surface area contributed by atoms with Crippen LogP contribution >= 0.6 is 0 Å². The van der Waals surface area contributed by atoms with E-state index in [1.54, 1.807) is 13.2 Å². The van der Waals surface area contributed by atoms with Crippen LogP contribution in [0.4, 0.5) is 11.6 Å². The molecule has 3 N–H and O–H groups in total. The highest BCUT2D eigenvalue weighted by Crippen LogP contribution is 2.33. The zero-order valence-electron chi connectivity index (χ0n) is 10.4. The number of hydrogen-bond acceptors (Lipinski definition) is 5. The molecular weight excluding hydrogens is 216 g/mol. The molecule has 0 aromatic carbocycles. The molecule has 0 amide bonds. The Morgan fingerprint density at radius 3 is 2.94 bits per heavy atom. The molecule has 17 heavy (non-hydrogen) atoms. The fraction of sp³-hybridized carbons (Fsp3) is 0.667. The largest absolute Gasteiger partial charge is 0.384 e. The highest BCUT2D eigenvalue weighted by Gasteiger charge is 2.23. The van der Waals surface area contributed by atoms with Gasteiger partial charge in [0.15, 0.2) is 5.82 Å². The molecule has 1 aliphatic rings. The molecular formula is C12H20N4O. The minimum atomic E-state index is 0.386. The fourth-order valence-corrected chi connectivity index (χ4v) is 1.95. The Balaban J connectivity index is 1.97. The molecule has 1 saturated carbocycles. The second-order valence-electron chi connectivity index (χ2n) is 4.75. The summed E-state index contributed by atoms with van der Waals surface area (Å²) < 4.78 is 5.01. The van der Waals surface area contributed by atoms with Crippen LogP contribution in [0.25, 0.3) is 0 Å². The molecule has 1 aromatic heterocycles. The van der Waals surface area contributed by atoms with Crippen LogP contribution in [0.5, 0.6) is 0 Å². The Morgan fingerprint density at radius 2 is 2.29 bits per heavy atom. The summed E-state index contributed by atoms with van der Waals surface area (Å²) in [6.07, 6.45) is 3.93. The first kappa shape index (κ1) is 12.1. The number of nitrogens with one attached hydrogen (secondary N) is 1. The van der Waals surface area contributed by atoms with Gasteiger partial charge < -0.3 is 15.8 Å². The lowest BCUT2D eigenvalue weighted by Crippen LogP contribution is -2.17. The van der Waals surface area contributed by atoms with Gasteiger partial charge in [0.2, 0.25) is 0 Å². The van der Waals surface area contributed by atoms with Crippen LogP contribution < -0.4 is 11.1 Å². The Bertz CT molecular complexity index is 379. The van der Waals surface area contributed by atoms with Gasteiger partial charge in [-0.3, -0.25) is 0 Å². The van der Waals surface area contributed by atoms with Crippen LogP contribution in [0.1, 0.15) is 32.0 Å². The third kappa shape index (κ3) is 3.85. The van der Waals surface area contributed by atoms with Gasteiger partial charge in [0.1, 0.15) is 18.2 Å². The number of ether oxygens (including phenoxy) is 1. The van der Waals surface area contributed by atoms with Crippen LogP contribution in [0.15, 0.2) is 6.07 Å². The topological polar surface area (TPSA) is 73.1 Å². The van der Waals surface area contributed by atoms with Gasteiger partial charge in [-0.05, 0) is 19.3 Å². The third-order valence-electron chi connectivity index (χ3n) is 2.84. The van der Waals surface area contributed by atoms with Gasteiger partial charge in [-0.25, -0.2) is 9.97 Å². The molecule has 5 heteroatoms. The lowest BCUT2D eigenvalue weighted by atomic mass is 10.1. The predicted octanol–water partition coefficient (Wildman–Crippen LogP) is 1.81. The number of anilines is 2. The normalized spacial score (nSPS) is 16.8. The summed E-state index contributed by atoms with van der Waals surface area (Å²) in [7, 11) is 1.62. The molecule has 0 saturated heterocycles. The Hall–Kier alpha value is -1.36. The molecule has 2 rings (SSSR count). The van der Waals surface area contributed by atoms with E-state index in [-0.39, 0.29) is 0 Å². The molecule has 1 fully saturated rings. The molecule has 1 atom stereocenters. The Kier molecular flexibility index (Phi) is 3.78. The molecule has 0 aliphatic heterocycles. The van der Waals surface area contributed by atoms with E-state index in [1.165, 1.54) is 19.3 Å². The van der Waals surface area contributed by atoms with Gasteiger partial charge in [0.05, 0.1) is 0 Å². The molecule has 0 bridgehead atoms. The highest BCUT2D eigenvalue weighted by molar-refractivity contribution is 5.45. The van der Waals surface area contributed by atoms with E-state index < -0.39 is 0 Å². The van der Waals surface area contributed by atoms with E-state index in [1.807, 2.05) is 0 Å². The van der Waals surface area contributed by atoms with Gasteiger partial charge in [-0.2, -0.15) is 0 Å². The smallest absolute Gasteiger partial charge is 0.158 e. The summed E-state index contributed by atoms with van der Waals surface area (Å²) in [5.74, 6) is 2.79. The zero-order chi connectivity index (χ0) is 12.3. The van der Waals surface area contributed by atoms with Crippen LogP contribution in [0.2, 0.25) is 0 Å². The van der Waals surface area contributed by atoms with Crippen molar-refractivity contribution in [1.82, 2.24) is 9.97 Å². The van der Waals surface area contributed by atoms with Crippen molar-refractivity contribution in [2.24, 2.45) is 5.92 Å². The van der Waals surface area contributed by atoms with Crippen LogP contribution in [-0.4, -0.2) is 23.1 Å². The fourth-order valence-electron chi connectivity index (χ4n) is 1.95. The minimum absolute atomic E-state index is 0.386. The Morgan fingerprint density at radius 1 is 1.53 bits per heavy atom. The molecule has 1 aliphatic carbocycles. The lowest BCUT2D eigenvalue weighted by molar-refractivity contribution is 0.178. The zero-order valence-corrected chi connectivity index (χ0v) is 10.4. The van der Waals surface area contributed by atoms with Crippen molar-refractivity contribution in [1.29, 1.82) is 0 Å². The quantitative estimate of drug-likeness (QED) is 0.788. The standard InChI is InChI=1S/C12H20N4O/c1-8(5-9-3-4-9)14-11-6-10(13)15-12(16-11)7-17-2/h6,8-9H,3-5,7H2,1-2H3,(H3,13,14,15,16). The van der Waals surface area contributed by atoms with Gasteiger partial charge in [-0.1, -0.05) is 12.8 Å². The summed E-state index contributed by atoms with van der Waals surface area (Å²) in [5, 5.41) is 3.37. The monoisotopic (exact) mass is 236 g/mol.